The van der Waals surface area contributed by atoms with Crippen LogP contribution in [0.5, 0.6) is 0 Å². The van der Waals surface area contributed by atoms with Crippen LogP contribution < -0.4 is 0 Å². The highest BCUT2D eigenvalue weighted by atomic mass is 79.9. The molecule has 5 saturated carbocycles. The maximum absolute atomic E-state index is 12.1. The van der Waals surface area contributed by atoms with E-state index in [2.05, 4.69) is 195 Å². The summed E-state index contributed by atoms with van der Waals surface area (Å²) < 4.78 is 24.7. The van der Waals surface area contributed by atoms with Gasteiger partial charge in [0.1, 0.15) is 12.2 Å². The predicted molar refractivity (Wildman–Crippen MR) is 357 cm³/mol. The molecule has 2 N–H and O–H groups in total. The van der Waals surface area contributed by atoms with Crippen molar-refractivity contribution in [3.05, 3.63) is 83.0 Å². The van der Waals surface area contributed by atoms with E-state index >= 15 is 0 Å². The van der Waals surface area contributed by atoms with Crippen molar-refractivity contribution in [1.29, 1.82) is 0 Å². The van der Waals surface area contributed by atoms with Gasteiger partial charge >= 0.3 is 11.9 Å². The topological polar surface area (TPSA) is 112 Å². The van der Waals surface area contributed by atoms with Gasteiger partial charge in [0, 0.05) is 40.2 Å². The first-order chi connectivity index (χ1) is 38.1. The Hall–Kier alpha value is -2.64. The Morgan fingerprint density at radius 3 is 1.56 bits per heavy atom. The summed E-state index contributed by atoms with van der Waals surface area (Å²) in [6.45, 7) is 60.9. The van der Waals surface area contributed by atoms with Crippen molar-refractivity contribution < 1.29 is 42.8 Å². The first-order valence-electron chi connectivity index (χ1n) is 32.1. The molecule has 0 aromatic heterocycles. The summed E-state index contributed by atoms with van der Waals surface area (Å²) in [6, 6.07) is 0. The third kappa shape index (κ3) is 15.5. The first kappa shape index (κ1) is 73.8. The Morgan fingerprint density at radius 2 is 1.17 bits per heavy atom. The predicted octanol–water partition coefficient (Wildman–Crippen LogP) is 18.7. The van der Waals surface area contributed by atoms with E-state index in [0.717, 1.165) is 36.3 Å². The fourth-order valence-electron chi connectivity index (χ4n) is 15.4. The molecule has 0 unspecified atom stereocenters. The number of rotatable bonds is 15. The van der Waals surface area contributed by atoms with Gasteiger partial charge in [0.15, 0.2) is 16.6 Å². The van der Waals surface area contributed by atoms with Gasteiger partial charge in [0.05, 0.1) is 24.4 Å². The fourth-order valence-corrected chi connectivity index (χ4v) is 18.7. The molecule has 0 aromatic rings. The number of aliphatic hydroxyl groups is 2. The number of carbonyl (C=O) groups excluding carboxylic acids is 2. The van der Waals surface area contributed by atoms with Gasteiger partial charge in [0.2, 0.25) is 0 Å². The monoisotopic (exact) mass is 1260 g/mol. The highest BCUT2D eigenvalue weighted by Crippen LogP contribution is 2.62. The summed E-state index contributed by atoms with van der Waals surface area (Å²) in [5.74, 6) is 6.03. The minimum Gasteiger partial charge on any atom is -0.458 e. The third-order valence-corrected chi connectivity index (χ3v) is 33.4. The molecule has 0 aromatic carbocycles. The minimum atomic E-state index is -1.90. The molecule has 0 spiro atoms. The molecule has 2 aliphatic heterocycles. The largest absolute Gasteiger partial charge is 0.458 e. The molecule has 0 amide bonds. The number of aliphatic hydroxyl groups excluding tert-OH is 2. The van der Waals surface area contributed by atoms with Crippen molar-refractivity contribution in [3.8, 4) is 12.3 Å². The van der Waals surface area contributed by atoms with Crippen molar-refractivity contribution in [2.45, 2.75) is 274 Å². The number of terminal acetylenes is 1. The second-order valence-corrected chi connectivity index (χ2v) is 41.8. The smallest absolute Gasteiger partial charge is 0.334 e. The van der Waals surface area contributed by atoms with Crippen LogP contribution in [0.1, 0.15) is 201 Å². The van der Waals surface area contributed by atoms with Crippen LogP contribution in [0.4, 0.5) is 4.70 Å². The molecule has 12 heteroatoms. The van der Waals surface area contributed by atoms with Crippen molar-refractivity contribution in [3.63, 3.8) is 0 Å². The molecule has 0 radical (unpaired) electrons. The molecule has 7 rings (SSSR count). The molecule has 8 nitrogen and oxygen atoms in total. The molecule has 2 saturated heterocycles. The molecular weight excluding hydrogens is 1150 g/mol. The lowest BCUT2D eigenvalue weighted by Crippen LogP contribution is -2.50. The van der Waals surface area contributed by atoms with Crippen LogP contribution in [-0.2, 0) is 27.9 Å². The lowest BCUT2D eigenvalue weighted by molar-refractivity contribution is -0.141. The van der Waals surface area contributed by atoms with Crippen molar-refractivity contribution in [1.82, 2.24) is 0 Å². The maximum atomic E-state index is 12.1. The molecule has 7 aliphatic rings. The lowest BCUT2D eigenvalue weighted by atomic mass is 9.60. The SMILES string of the molecule is C#CC[C@@H](O[Si](C)(C)C(C)(C)C)[C@H](C)[C@@H](C=C)O[Si](C)(C)C(C)(C)C.C=C1/C(=C\C=C2/CCC[C@]3(C)[C@@H]([C@H](C)C[C@H]4OC(=O)C(=C)C4(C)C)CC[C@@H]23)C[C@@H](O)[C@H](C)[C@@H]1O.C=C1C(=O)O[C@H](C[C@@H](C)[C@H]2CC[C@H]3/C(=C/Br)CCC[C@]23C)C1(C)C.F. The van der Waals surface area contributed by atoms with Gasteiger partial charge in [-0.15, -0.1) is 18.9 Å². The number of esters is 2. The number of ether oxygens (including phenoxy) is 2. The van der Waals surface area contributed by atoms with Crippen LogP contribution >= 0.6 is 15.9 Å². The number of carbonyl (C=O) groups is 2. The van der Waals surface area contributed by atoms with E-state index in [1.807, 2.05) is 13.0 Å². The molecule has 16 atom stereocenters. The molecule has 2 heterocycles. The Labute approximate surface area is 522 Å². The number of hydrogen-bond donors (Lipinski definition) is 2. The normalized spacial score (nSPS) is 34.6. The Balaban J connectivity index is 0.000000275. The van der Waals surface area contributed by atoms with E-state index in [0.29, 0.717) is 59.0 Å². The average molecular weight is 1270 g/mol. The van der Waals surface area contributed by atoms with Crippen molar-refractivity contribution in [2.75, 3.05) is 0 Å². The van der Waals surface area contributed by atoms with Gasteiger partial charge in [-0.2, -0.15) is 0 Å². The van der Waals surface area contributed by atoms with E-state index < -0.39 is 28.8 Å². The third-order valence-electron chi connectivity index (χ3n) is 23.9. The summed E-state index contributed by atoms with van der Waals surface area (Å²) >= 11 is 3.60. The Morgan fingerprint density at radius 1 is 0.738 bits per heavy atom. The van der Waals surface area contributed by atoms with E-state index in [1.165, 1.54) is 63.4 Å². The highest BCUT2D eigenvalue weighted by molar-refractivity contribution is 9.11. The molecule has 0 bridgehead atoms. The van der Waals surface area contributed by atoms with Crippen molar-refractivity contribution in [2.24, 2.45) is 69.0 Å². The summed E-state index contributed by atoms with van der Waals surface area (Å²) in [4.78, 5) is 26.3. The quantitative estimate of drug-likeness (QED) is 0.0548. The van der Waals surface area contributed by atoms with E-state index in [1.54, 1.807) is 5.57 Å². The number of fused-ring (bicyclic) bond motifs is 2. The lowest BCUT2D eigenvalue weighted by Gasteiger charge is -2.45. The van der Waals surface area contributed by atoms with Gasteiger partial charge in [0.25, 0.3) is 0 Å². The molecule has 5 aliphatic carbocycles. The molecule has 476 valence electrons. The summed E-state index contributed by atoms with van der Waals surface area (Å²) in [5, 5.41) is 21.1. The zero-order valence-electron chi connectivity index (χ0n) is 56.3. The number of halogens is 2. The van der Waals surface area contributed by atoms with Gasteiger partial charge in [-0.25, -0.2) is 9.59 Å². The molecule has 7 fully saturated rings. The van der Waals surface area contributed by atoms with E-state index in [-0.39, 0.29) is 79.2 Å². The first-order valence-corrected chi connectivity index (χ1v) is 38.8. The van der Waals surface area contributed by atoms with Crippen LogP contribution in [-0.4, -0.2) is 75.4 Å². The van der Waals surface area contributed by atoms with Gasteiger partial charge in [-0.1, -0.05) is 176 Å². The highest BCUT2D eigenvalue weighted by Gasteiger charge is 2.55. The minimum absolute atomic E-state index is 0. The van der Waals surface area contributed by atoms with Gasteiger partial charge < -0.3 is 28.5 Å². The van der Waals surface area contributed by atoms with Crippen LogP contribution in [0, 0.1) is 81.3 Å². The standard InChI is InChI=1S/C30H44O4.C21H31BrO2.C21H42O2Si2.FH/c1-17(15-26-29(5,6)20(4)28(33)34-26)23-12-13-24-21(9-8-14-30(23,24)7)10-11-22-16-25(31)19(3)27(32)18(22)2;1-13(11-18-20(3,4)14(2)19(23)24-18)16-8-9-17-15(12-22)7-6-10-21(16,17)5;1-14-16-19(23-25(12,13)21(7,8)9)17(3)18(15-2)22-24(10,11)20(4,5)6;/h10-11,17,19,23-27,31-32H,2,4,8-9,12-16H2,1,3,5-7H3;12-13,16-18H,2,6-11H2,1,3-5H3;1,15,17-19H,2,16H2,3-13H3;1H/b21-10+,22-11-;15-12+;;/t17-,19+,23-,24+,25-,26-,27-,30-;13-,16-,17+,18-,21-;17-,18-,19-;/m111./s1. The van der Waals surface area contributed by atoms with Crippen LogP contribution in [0.25, 0.3) is 0 Å². The van der Waals surface area contributed by atoms with Crippen LogP contribution in [0.2, 0.25) is 36.3 Å². The summed E-state index contributed by atoms with van der Waals surface area (Å²) in [7, 11) is -3.78. The fraction of sp³-hybridized carbons (Fsp3) is 0.750. The van der Waals surface area contributed by atoms with Gasteiger partial charge in [-0.05, 0) is 182 Å². The molecule has 84 heavy (non-hydrogen) atoms. The Bertz CT molecular complexity index is 2520. The number of cyclic esters (lactones) is 2. The second kappa shape index (κ2) is 28.0. The summed E-state index contributed by atoms with van der Waals surface area (Å²) in [5.41, 5.74) is 6.20. The summed E-state index contributed by atoms with van der Waals surface area (Å²) in [6.07, 6.45) is 26.1. The van der Waals surface area contributed by atoms with Crippen LogP contribution in [0.3, 0.4) is 0 Å². The average Bonchev–Trinajstić information content (AvgIpc) is 2.09. The molecular formula is C72H118BrFO8Si2. The Kier molecular flexibility index (Phi) is 24.6. The van der Waals surface area contributed by atoms with Gasteiger partial charge in [-0.3, -0.25) is 4.70 Å². The van der Waals surface area contributed by atoms with Crippen LogP contribution in [0.15, 0.2) is 83.0 Å². The maximum Gasteiger partial charge on any atom is 0.334 e. The second-order valence-electron chi connectivity index (χ2n) is 31.8. The number of allylic oxidation sites excluding steroid dienone is 4. The number of hydrogen-bond acceptors (Lipinski definition) is 8. The zero-order valence-corrected chi connectivity index (χ0v) is 59.9. The van der Waals surface area contributed by atoms with Crippen molar-refractivity contribution >= 4 is 44.5 Å². The zero-order chi connectivity index (χ0) is 63.0. The van der Waals surface area contributed by atoms with E-state index in [9.17, 15) is 19.8 Å². The van der Waals surface area contributed by atoms with E-state index in [4.69, 9.17) is 24.7 Å².